The number of benzene rings is 1. The normalized spacial score (nSPS) is 11.8. The SMILES string of the molecule is C=CCS(CC=C)(CC=C)Cc1ccccc1. The predicted octanol–water partition coefficient (Wildman–Crippen LogP) is 4.55. The van der Waals surface area contributed by atoms with Gasteiger partial charge in [-0.3, -0.25) is 0 Å². The molecule has 0 N–H and O–H groups in total. The molecular formula is C16H22S. The van der Waals surface area contributed by atoms with Crippen LogP contribution in [0.15, 0.2) is 68.3 Å². The summed E-state index contributed by atoms with van der Waals surface area (Å²) in [6, 6.07) is 10.7. The monoisotopic (exact) mass is 246 g/mol. The smallest absolute Gasteiger partial charge is 0.00333 e. The first-order valence-corrected chi connectivity index (χ1v) is 8.18. The minimum absolute atomic E-state index is 0.754. The van der Waals surface area contributed by atoms with Crippen molar-refractivity contribution in [3.63, 3.8) is 0 Å². The van der Waals surface area contributed by atoms with Crippen molar-refractivity contribution in [2.45, 2.75) is 5.75 Å². The molecule has 17 heavy (non-hydrogen) atoms. The van der Waals surface area contributed by atoms with Gasteiger partial charge in [-0.2, -0.15) is 0 Å². The maximum absolute atomic E-state index is 3.90. The van der Waals surface area contributed by atoms with Crippen molar-refractivity contribution < 1.29 is 0 Å². The van der Waals surface area contributed by atoms with Crippen LogP contribution in [0.5, 0.6) is 0 Å². The molecule has 0 amide bonds. The number of hydrogen-bond donors (Lipinski definition) is 0. The van der Waals surface area contributed by atoms with Crippen molar-refractivity contribution in [1.82, 2.24) is 0 Å². The molecule has 1 heteroatoms. The highest BCUT2D eigenvalue weighted by Gasteiger charge is 2.20. The maximum atomic E-state index is 3.90. The first-order valence-electron chi connectivity index (χ1n) is 5.87. The molecule has 1 rings (SSSR count). The van der Waals surface area contributed by atoms with Gasteiger partial charge in [0.1, 0.15) is 0 Å². The Labute approximate surface area is 107 Å². The van der Waals surface area contributed by atoms with E-state index in [1.807, 2.05) is 18.2 Å². The summed E-state index contributed by atoms with van der Waals surface area (Å²) in [6.45, 7) is 11.7. The summed E-state index contributed by atoms with van der Waals surface area (Å²) in [7, 11) is -0.754. The molecule has 0 fully saturated rings. The third kappa shape index (κ3) is 4.27. The van der Waals surface area contributed by atoms with Crippen molar-refractivity contribution in [3.05, 3.63) is 73.9 Å². The number of hydrogen-bond acceptors (Lipinski definition) is 0. The molecule has 0 heterocycles. The Bertz CT molecular complexity index is 338. The van der Waals surface area contributed by atoms with Crippen LogP contribution in [0.2, 0.25) is 0 Å². The van der Waals surface area contributed by atoms with Crippen LogP contribution in [0, 0.1) is 0 Å². The van der Waals surface area contributed by atoms with Crippen molar-refractivity contribution in [2.75, 3.05) is 17.3 Å². The first kappa shape index (κ1) is 13.9. The van der Waals surface area contributed by atoms with Crippen LogP contribution < -0.4 is 0 Å². The van der Waals surface area contributed by atoms with Gasteiger partial charge in [-0.15, -0.1) is 19.7 Å². The van der Waals surface area contributed by atoms with Gasteiger partial charge < -0.3 is 0 Å². The Morgan fingerprint density at radius 1 is 0.824 bits per heavy atom. The Kier molecular flexibility index (Phi) is 5.85. The fourth-order valence-corrected chi connectivity index (χ4v) is 5.22. The minimum Gasteiger partial charge on any atom is -0.226 e. The molecule has 0 nitrogen and oxygen atoms in total. The zero-order valence-electron chi connectivity index (χ0n) is 10.5. The van der Waals surface area contributed by atoms with Crippen LogP contribution in [0.25, 0.3) is 0 Å². The fraction of sp³-hybridized carbons (Fsp3) is 0.250. The van der Waals surface area contributed by atoms with Crippen LogP contribution in [0.4, 0.5) is 0 Å². The topological polar surface area (TPSA) is 0 Å². The summed E-state index contributed by atoms with van der Waals surface area (Å²) < 4.78 is 0. The van der Waals surface area contributed by atoms with Gasteiger partial charge in [-0.25, -0.2) is 10.0 Å². The van der Waals surface area contributed by atoms with E-state index in [0.29, 0.717) is 0 Å². The molecule has 0 saturated heterocycles. The average Bonchev–Trinajstić information content (AvgIpc) is 2.31. The van der Waals surface area contributed by atoms with Crippen LogP contribution >= 0.6 is 10.0 Å². The quantitative estimate of drug-likeness (QED) is 0.590. The Morgan fingerprint density at radius 2 is 1.29 bits per heavy atom. The Balaban J connectivity index is 2.90. The van der Waals surface area contributed by atoms with Gasteiger partial charge in [0.15, 0.2) is 0 Å². The standard InChI is InChI=1S/C16H22S/c1-4-12-17(13-5-2,14-6-3)15-16-10-8-7-9-11-16/h4-11H,1-3,12-15H2. The fourth-order valence-electron chi connectivity index (χ4n) is 2.06. The molecule has 1 aromatic carbocycles. The van der Waals surface area contributed by atoms with E-state index in [-0.39, 0.29) is 0 Å². The predicted molar refractivity (Wildman–Crippen MR) is 82.9 cm³/mol. The number of rotatable bonds is 8. The lowest BCUT2D eigenvalue weighted by atomic mass is 10.2. The highest BCUT2D eigenvalue weighted by atomic mass is 32.3. The lowest BCUT2D eigenvalue weighted by Gasteiger charge is -2.38. The molecule has 0 radical (unpaired) electrons. The van der Waals surface area contributed by atoms with E-state index in [1.54, 1.807) is 0 Å². The third-order valence-electron chi connectivity index (χ3n) is 2.73. The van der Waals surface area contributed by atoms with E-state index in [2.05, 4.69) is 50.1 Å². The van der Waals surface area contributed by atoms with Gasteiger partial charge in [-0.1, -0.05) is 48.6 Å². The van der Waals surface area contributed by atoms with E-state index in [4.69, 9.17) is 0 Å². The van der Waals surface area contributed by atoms with Gasteiger partial charge >= 0.3 is 0 Å². The second-order valence-electron chi connectivity index (χ2n) is 4.22. The summed E-state index contributed by atoms with van der Waals surface area (Å²) in [6.07, 6.45) is 6.14. The Morgan fingerprint density at radius 3 is 1.71 bits per heavy atom. The summed E-state index contributed by atoms with van der Waals surface area (Å²) in [4.78, 5) is 0. The zero-order chi connectivity index (χ0) is 12.6. The van der Waals surface area contributed by atoms with Crippen LogP contribution in [-0.2, 0) is 5.75 Å². The highest BCUT2D eigenvalue weighted by Crippen LogP contribution is 2.51. The third-order valence-corrected chi connectivity index (χ3v) is 6.50. The summed E-state index contributed by atoms with van der Waals surface area (Å²) in [5.74, 6) is 4.39. The van der Waals surface area contributed by atoms with E-state index >= 15 is 0 Å². The molecule has 0 aromatic heterocycles. The Hall–Kier alpha value is -1.21. The summed E-state index contributed by atoms with van der Waals surface area (Å²) in [5.41, 5.74) is 1.41. The molecule has 0 atom stereocenters. The van der Waals surface area contributed by atoms with Crippen molar-refractivity contribution in [1.29, 1.82) is 0 Å². The molecule has 0 aliphatic carbocycles. The molecular weight excluding hydrogens is 224 g/mol. The summed E-state index contributed by atoms with van der Waals surface area (Å²) in [5, 5.41) is 0. The molecule has 0 spiro atoms. The van der Waals surface area contributed by atoms with Gasteiger partial charge in [-0.05, 0) is 22.8 Å². The molecule has 0 saturated carbocycles. The average molecular weight is 246 g/mol. The van der Waals surface area contributed by atoms with E-state index in [1.165, 1.54) is 5.56 Å². The van der Waals surface area contributed by atoms with Gasteiger partial charge in [0.2, 0.25) is 0 Å². The molecule has 0 aliphatic rings. The van der Waals surface area contributed by atoms with Gasteiger partial charge in [0.05, 0.1) is 0 Å². The second kappa shape index (κ2) is 7.18. The highest BCUT2D eigenvalue weighted by molar-refractivity contribution is 8.33. The largest absolute Gasteiger partial charge is 0.226 e. The van der Waals surface area contributed by atoms with Crippen molar-refractivity contribution in [3.8, 4) is 0 Å². The minimum atomic E-state index is -0.754. The van der Waals surface area contributed by atoms with Gasteiger partial charge in [0, 0.05) is 5.75 Å². The second-order valence-corrected chi connectivity index (χ2v) is 7.96. The maximum Gasteiger partial charge on any atom is 0.00333 e. The van der Waals surface area contributed by atoms with Crippen molar-refractivity contribution in [2.24, 2.45) is 0 Å². The van der Waals surface area contributed by atoms with E-state index < -0.39 is 10.0 Å². The molecule has 0 unspecified atom stereocenters. The van der Waals surface area contributed by atoms with Crippen LogP contribution in [0.1, 0.15) is 5.56 Å². The van der Waals surface area contributed by atoms with Crippen LogP contribution in [-0.4, -0.2) is 17.3 Å². The lowest BCUT2D eigenvalue weighted by molar-refractivity contribution is 1.35. The van der Waals surface area contributed by atoms with E-state index in [9.17, 15) is 0 Å². The first-order chi connectivity index (χ1) is 8.26. The summed E-state index contributed by atoms with van der Waals surface area (Å²) >= 11 is 0. The molecule has 1 aromatic rings. The molecule has 0 bridgehead atoms. The van der Waals surface area contributed by atoms with Crippen LogP contribution in [0.3, 0.4) is 0 Å². The molecule has 92 valence electrons. The lowest BCUT2D eigenvalue weighted by Crippen LogP contribution is -2.13. The van der Waals surface area contributed by atoms with E-state index in [0.717, 1.165) is 23.0 Å². The molecule has 0 aliphatic heterocycles. The zero-order valence-corrected chi connectivity index (χ0v) is 11.3. The van der Waals surface area contributed by atoms with Gasteiger partial charge in [0.25, 0.3) is 0 Å². The van der Waals surface area contributed by atoms with Crippen molar-refractivity contribution >= 4 is 10.0 Å².